The van der Waals surface area contributed by atoms with Gasteiger partial charge < -0.3 is 14.4 Å². The largest absolute Gasteiger partial charge is 0.492 e. The average molecular weight is 281 g/mol. The maximum Gasteiger partial charge on any atom is 0.311 e. The highest BCUT2D eigenvalue weighted by Gasteiger charge is 2.36. The zero-order chi connectivity index (χ0) is 14.7. The fourth-order valence-electron chi connectivity index (χ4n) is 2.25. The second-order valence-electron chi connectivity index (χ2n) is 4.47. The van der Waals surface area contributed by atoms with Crippen LogP contribution in [-0.2, 0) is 14.3 Å². The van der Waals surface area contributed by atoms with Crippen molar-refractivity contribution in [2.24, 2.45) is 5.92 Å². The van der Waals surface area contributed by atoms with Gasteiger partial charge in [0.2, 0.25) is 5.91 Å². The first-order valence-electron chi connectivity index (χ1n) is 6.37. The Hall–Kier alpha value is -2.11. The molecular formula is C14H16FNO4. The Kier molecular flexibility index (Phi) is 4.22. The average Bonchev–Trinajstić information content (AvgIpc) is 2.80. The predicted octanol–water partition coefficient (Wildman–Crippen LogP) is 1.75. The van der Waals surface area contributed by atoms with E-state index in [4.69, 9.17) is 4.74 Å². The third-order valence-corrected chi connectivity index (χ3v) is 3.17. The minimum absolute atomic E-state index is 0.0929. The summed E-state index contributed by atoms with van der Waals surface area (Å²) in [5, 5.41) is 0. The quantitative estimate of drug-likeness (QED) is 0.789. The SMILES string of the molecule is CCOc1cc(F)ccc1N1CC(C(=O)OC)CC1=O. The van der Waals surface area contributed by atoms with Gasteiger partial charge >= 0.3 is 5.97 Å². The van der Waals surface area contributed by atoms with Gasteiger partial charge in [0.1, 0.15) is 11.6 Å². The molecule has 1 amide bonds. The lowest BCUT2D eigenvalue weighted by atomic mass is 10.1. The Morgan fingerprint density at radius 2 is 2.25 bits per heavy atom. The van der Waals surface area contributed by atoms with Crippen LogP contribution in [0, 0.1) is 11.7 Å². The summed E-state index contributed by atoms with van der Waals surface area (Å²) >= 11 is 0. The summed E-state index contributed by atoms with van der Waals surface area (Å²) in [6.45, 7) is 2.36. The molecule has 1 heterocycles. The molecule has 1 fully saturated rings. The summed E-state index contributed by atoms with van der Waals surface area (Å²) in [4.78, 5) is 25.0. The number of nitrogens with zero attached hydrogens (tertiary/aromatic N) is 1. The molecule has 0 aliphatic carbocycles. The van der Waals surface area contributed by atoms with Crippen LogP contribution in [-0.4, -0.2) is 32.1 Å². The van der Waals surface area contributed by atoms with Crippen LogP contribution in [0.2, 0.25) is 0 Å². The minimum atomic E-state index is -0.493. The number of hydrogen-bond donors (Lipinski definition) is 0. The molecule has 0 radical (unpaired) electrons. The molecule has 6 heteroatoms. The lowest BCUT2D eigenvalue weighted by Crippen LogP contribution is -2.26. The van der Waals surface area contributed by atoms with Crippen LogP contribution >= 0.6 is 0 Å². The molecule has 2 rings (SSSR count). The standard InChI is InChI=1S/C14H16FNO4/c1-3-20-12-7-10(15)4-5-11(12)16-8-9(6-13(16)17)14(18)19-2/h4-5,7,9H,3,6,8H2,1-2H3. The lowest BCUT2D eigenvalue weighted by molar-refractivity contribution is -0.145. The van der Waals surface area contributed by atoms with E-state index in [-0.39, 0.29) is 18.9 Å². The first kappa shape index (κ1) is 14.3. The second kappa shape index (κ2) is 5.90. The van der Waals surface area contributed by atoms with E-state index in [1.165, 1.54) is 30.2 Å². The molecule has 0 aromatic heterocycles. The molecule has 1 aromatic carbocycles. The summed E-state index contributed by atoms with van der Waals surface area (Å²) in [5.74, 6) is -1.25. The molecule has 0 saturated carbocycles. The third kappa shape index (κ3) is 2.74. The van der Waals surface area contributed by atoms with Gasteiger partial charge in [-0.3, -0.25) is 9.59 Å². The molecule has 108 valence electrons. The molecule has 5 nitrogen and oxygen atoms in total. The summed E-state index contributed by atoms with van der Waals surface area (Å²) in [6, 6.07) is 3.98. The molecule has 1 saturated heterocycles. The van der Waals surface area contributed by atoms with Crippen molar-refractivity contribution < 1.29 is 23.5 Å². The molecule has 1 aliphatic heterocycles. The number of amides is 1. The molecule has 1 aliphatic rings. The van der Waals surface area contributed by atoms with Crippen LogP contribution in [0.3, 0.4) is 0 Å². The van der Waals surface area contributed by atoms with E-state index >= 15 is 0 Å². The van der Waals surface area contributed by atoms with Crippen molar-refractivity contribution in [1.29, 1.82) is 0 Å². The van der Waals surface area contributed by atoms with Gasteiger partial charge in [-0.15, -0.1) is 0 Å². The smallest absolute Gasteiger partial charge is 0.311 e. The third-order valence-electron chi connectivity index (χ3n) is 3.17. The fraction of sp³-hybridized carbons (Fsp3) is 0.429. The Balaban J connectivity index is 2.27. The predicted molar refractivity (Wildman–Crippen MR) is 70.0 cm³/mol. The summed E-state index contributed by atoms with van der Waals surface area (Å²) in [7, 11) is 1.29. The Bertz CT molecular complexity index is 532. The van der Waals surface area contributed by atoms with Crippen molar-refractivity contribution in [3.63, 3.8) is 0 Å². The van der Waals surface area contributed by atoms with Crippen molar-refractivity contribution in [2.75, 3.05) is 25.2 Å². The molecule has 0 bridgehead atoms. The highest BCUT2D eigenvalue weighted by molar-refractivity contribution is 6.00. The van der Waals surface area contributed by atoms with Crippen molar-refractivity contribution in [3.8, 4) is 5.75 Å². The van der Waals surface area contributed by atoms with Crippen LogP contribution in [0.5, 0.6) is 5.75 Å². The number of carbonyl (C=O) groups excluding carboxylic acids is 2. The van der Waals surface area contributed by atoms with Gasteiger partial charge in [0, 0.05) is 19.0 Å². The van der Waals surface area contributed by atoms with E-state index in [2.05, 4.69) is 4.74 Å². The van der Waals surface area contributed by atoms with E-state index in [9.17, 15) is 14.0 Å². The highest BCUT2D eigenvalue weighted by Crippen LogP contribution is 2.34. The maximum absolute atomic E-state index is 13.3. The number of carbonyl (C=O) groups is 2. The topological polar surface area (TPSA) is 55.8 Å². The van der Waals surface area contributed by atoms with Crippen LogP contribution in [0.1, 0.15) is 13.3 Å². The number of rotatable bonds is 4. The van der Waals surface area contributed by atoms with E-state index in [1.807, 2.05) is 0 Å². The number of anilines is 1. The fourth-order valence-corrected chi connectivity index (χ4v) is 2.25. The Morgan fingerprint density at radius 1 is 1.50 bits per heavy atom. The molecule has 1 aromatic rings. The van der Waals surface area contributed by atoms with Crippen molar-refractivity contribution in [3.05, 3.63) is 24.0 Å². The monoisotopic (exact) mass is 281 g/mol. The highest BCUT2D eigenvalue weighted by atomic mass is 19.1. The maximum atomic E-state index is 13.3. The van der Waals surface area contributed by atoms with E-state index in [0.29, 0.717) is 18.0 Å². The van der Waals surface area contributed by atoms with Crippen molar-refractivity contribution in [1.82, 2.24) is 0 Å². The minimum Gasteiger partial charge on any atom is -0.492 e. The van der Waals surface area contributed by atoms with Gasteiger partial charge in [0.15, 0.2) is 0 Å². The first-order chi connectivity index (χ1) is 9.56. The van der Waals surface area contributed by atoms with Gasteiger partial charge in [0.25, 0.3) is 0 Å². The number of methoxy groups -OCH3 is 1. The van der Waals surface area contributed by atoms with Crippen LogP contribution in [0.4, 0.5) is 10.1 Å². The number of esters is 1. The first-order valence-corrected chi connectivity index (χ1v) is 6.37. The van der Waals surface area contributed by atoms with Gasteiger partial charge in [0.05, 0.1) is 25.3 Å². The molecule has 20 heavy (non-hydrogen) atoms. The summed E-state index contributed by atoms with van der Waals surface area (Å²) in [6.07, 6.45) is 0.0929. The van der Waals surface area contributed by atoms with E-state index < -0.39 is 17.7 Å². The molecule has 0 spiro atoms. The number of ether oxygens (including phenoxy) is 2. The van der Waals surface area contributed by atoms with Crippen LogP contribution in [0.15, 0.2) is 18.2 Å². The number of benzene rings is 1. The molecular weight excluding hydrogens is 265 g/mol. The zero-order valence-electron chi connectivity index (χ0n) is 11.4. The van der Waals surface area contributed by atoms with Gasteiger partial charge in [-0.05, 0) is 19.1 Å². The molecule has 1 atom stereocenters. The zero-order valence-corrected chi connectivity index (χ0v) is 11.4. The second-order valence-corrected chi connectivity index (χ2v) is 4.47. The number of hydrogen-bond acceptors (Lipinski definition) is 4. The lowest BCUT2D eigenvalue weighted by Gasteiger charge is -2.20. The van der Waals surface area contributed by atoms with Crippen molar-refractivity contribution >= 4 is 17.6 Å². The Morgan fingerprint density at radius 3 is 2.90 bits per heavy atom. The normalized spacial score (nSPS) is 18.2. The molecule has 0 N–H and O–H groups in total. The van der Waals surface area contributed by atoms with Crippen LogP contribution in [0.25, 0.3) is 0 Å². The summed E-state index contributed by atoms with van der Waals surface area (Å²) in [5.41, 5.74) is 0.477. The van der Waals surface area contributed by atoms with Gasteiger partial charge in [-0.1, -0.05) is 0 Å². The van der Waals surface area contributed by atoms with Crippen LogP contribution < -0.4 is 9.64 Å². The van der Waals surface area contributed by atoms with E-state index in [0.717, 1.165) is 0 Å². The van der Waals surface area contributed by atoms with Gasteiger partial charge in [-0.25, -0.2) is 4.39 Å². The number of halogens is 1. The van der Waals surface area contributed by atoms with Crippen molar-refractivity contribution in [2.45, 2.75) is 13.3 Å². The van der Waals surface area contributed by atoms with Gasteiger partial charge in [-0.2, -0.15) is 0 Å². The van der Waals surface area contributed by atoms with E-state index in [1.54, 1.807) is 6.92 Å². The molecule has 1 unspecified atom stereocenters. The summed E-state index contributed by atoms with van der Waals surface area (Å²) < 4.78 is 23.3. The Labute approximate surface area is 116 Å².